The van der Waals surface area contributed by atoms with Crippen molar-refractivity contribution in [2.24, 2.45) is 0 Å². The number of aromatic nitrogens is 4. The van der Waals surface area contributed by atoms with Crippen molar-refractivity contribution in [2.45, 2.75) is 23.8 Å². The van der Waals surface area contributed by atoms with E-state index in [1.54, 1.807) is 24.0 Å². The van der Waals surface area contributed by atoms with Crippen molar-refractivity contribution in [3.8, 4) is 11.4 Å². The molecule has 2 aliphatic rings. The van der Waals surface area contributed by atoms with Gasteiger partial charge < -0.3 is 20.3 Å². The number of nitrogens with zero attached hydrogens (tertiary/aromatic N) is 4. The van der Waals surface area contributed by atoms with Crippen LogP contribution in [0.1, 0.15) is 18.5 Å². The fourth-order valence-corrected chi connectivity index (χ4v) is 4.95. The fraction of sp³-hybridized carbons (Fsp3) is 0.440. The summed E-state index contributed by atoms with van der Waals surface area (Å²) in [5.41, 5.74) is 2.58. The Kier molecular flexibility index (Phi) is 9.24. The van der Waals surface area contributed by atoms with Crippen LogP contribution < -0.4 is 15.5 Å². The van der Waals surface area contributed by atoms with Gasteiger partial charge in [0.1, 0.15) is 12.1 Å². The van der Waals surface area contributed by atoms with Gasteiger partial charge in [0.25, 0.3) is 0 Å². The van der Waals surface area contributed by atoms with E-state index in [1.165, 1.54) is 25.5 Å². The summed E-state index contributed by atoms with van der Waals surface area (Å²) in [6.45, 7) is 5.25. The molecule has 35 heavy (non-hydrogen) atoms. The number of allylic oxidation sites excluding steroid dienone is 1. The Balaban J connectivity index is 0.000000308. The summed E-state index contributed by atoms with van der Waals surface area (Å²) in [4.78, 5) is 23.7. The van der Waals surface area contributed by atoms with E-state index in [4.69, 9.17) is 14.7 Å². The van der Waals surface area contributed by atoms with Crippen molar-refractivity contribution in [1.82, 2.24) is 30.8 Å². The molecule has 1 unspecified atom stereocenters. The summed E-state index contributed by atoms with van der Waals surface area (Å²) < 4.78 is 5.49. The number of thioether (sulfide) groups is 1. The Bertz CT molecular complexity index is 1140. The van der Waals surface area contributed by atoms with E-state index >= 15 is 0 Å². The molecule has 4 heterocycles. The van der Waals surface area contributed by atoms with Gasteiger partial charge in [-0.05, 0) is 50.9 Å². The number of H-pyrrole nitrogens is 1. The monoisotopic (exact) mass is 495 g/mol. The Hall–Kier alpha value is -2.79. The molecule has 2 saturated heterocycles. The van der Waals surface area contributed by atoms with Crippen LogP contribution in [0.2, 0.25) is 0 Å². The molecule has 186 valence electrons. The predicted octanol–water partition coefficient (Wildman–Crippen LogP) is 2.75. The van der Waals surface area contributed by atoms with Crippen LogP contribution in [0.3, 0.4) is 0 Å². The lowest BCUT2D eigenvalue weighted by atomic mass is 10.1. The zero-order valence-electron chi connectivity index (χ0n) is 20.3. The molecular formula is C25H33N7O2S. The molecule has 9 nitrogen and oxygen atoms in total. The van der Waals surface area contributed by atoms with Gasteiger partial charge in [-0.1, -0.05) is 12.1 Å². The molecule has 0 radical (unpaired) electrons. The lowest BCUT2D eigenvalue weighted by Gasteiger charge is -2.29. The number of nitrogens with one attached hydrogen (secondary N) is 3. The first kappa shape index (κ1) is 25.3. The van der Waals surface area contributed by atoms with E-state index in [2.05, 4.69) is 25.7 Å². The largest absolute Gasteiger partial charge is 0.378 e. The van der Waals surface area contributed by atoms with E-state index in [1.807, 2.05) is 31.5 Å². The maximum atomic E-state index is 10.9. The SMILES string of the molecule is CNC1CCCNC1.CSc1c(/C=C/C=O)nc(-c2cccc3[nH]ncc23)nc1N1CCOCC1. The number of likely N-dealkylation sites (N-methyl/N-ethyl adjacent to an activating group) is 1. The molecule has 0 aliphatic carbocycles. The number of aromatic amines is 1. The second-order valence-electron chi connectivity index (χ2n) is 8.35. The third-order valence-corrected chi connectivity index (χ3v) is 6.95. The van der Waals surface area contributed by atoms with Crippen LogP contribution >= 0.6 is 11.8 Å². The molecule has 2 aromatic heterocycles. The molecule has 0 spiro atoms. The number of morpholine rings is 1. The minimum absolute atomic E-state index is 0.617. The Morgan fingerprint density at radius 3 is 2.80 bits per heavy atom. The summed E-state index contributed by atoms with van der Waals surface area (Å²) in [5.74, 6) is 1.49. The maximum Gasteiger partial charge on any atom is 0.162 e. The smallest absolute Gasteiger partial charge is 0.162 e. The third kappa shape index (κ3) is 6.26. The highest BCUT2D eigenvalue weighted by molar-refractivity contribution is 7.98. The normalized spacial score (nSPS) is 18.5. The summed E-state index contributed by atoms with van der Waals surface area (Å²) in [6.07, 6.45) is 10.4. The molecule has 2 aliphatic heterocycles. The average Bonchev–Trinajstić information content (AvgIpc) is 3.42. The van der Waals surface area contributed by atoms with Gasteiger partial charge in [-0.15, -0.1) is 11.8 Å². The predicted molar refractivity (Wildman–Crippen MR) is 142 cm³/mol. The van der Waals surface area contributed by atoms with Gasteiger partial charge in [0.05, 0.1) is 35.5 Å². The molecule has 0 bridgehead atoms. The number of carbonyl (C=O) groups is 1. The number of anilines is 1. The minimum Gasteiger partial charge on any atom is -0.378 e. The molecule has 5 rings (SSSR count). The second-order valence-corrected chi connectivity index (χ2v) is 9.17. The van der Waals surface area contributed by atoms with Gasteiger partial charge in [0.2, 0.25) is 0 Å². The topological polar surface area (TPSA) is 108 Å². The van der Waals surface area contributed by atoms with Crippen LogP contribution in [0, 0.1) is 0 Å². The second kappa shape index (κ2) is 12.8. The highest BCUT2D eigenvalue weighted by Gasteiger charge is 2.21. The van der Waals surface area contributed by atoms with E-state index in [0.29, 0.717) is 19.0 Å². The number of carbonyl (C=O) groups excluding carboxylic acids is 1. The van der Waals surface area contributed by atoms with Gasteiger partial charge in [-0.25, -0.2) is 9.97 Å². The summed E-state index contributed by atoms with van der Waals surface area (Å²) in [7, 11) is 2.03. The van der Waals surface area contributed by atoms with E-state index in [0.717, 1.165) is 64.8 Å². The van der Waals surface area contributed by atoms with Crippen molar-refractivity contribution in [3.05, 3.63) is 36.2 Å². The average molecular weight is 496 g/mol. The quantitative estimate of drug-likeness (QED) is 0.270. The van der Waals surface area contributed by atoms with Gasteiger partial charge in [0, 0.05) is 36.6 Å². The molecule has 0 amide bonds. The minimum atomic E-state index is 0.617. The highest BCUT2D eigenvalue weighted by atomic mass is 32.2. The number of benzene rings is 1. The van der Waals surface area contributed by atoms with Crippen molar-refractivity contribution in [1.29, 1.82) is 0 Å². The van der Waals surface area contributed by atoms with Crippen LogP contribution in [0.25, 0.3) is 28.4 Å². The van der Waals surface area contributed by atoms with Crippen LogP contribution in [0.4, 0.5) is 5.82 Å². The lowest BCUT2D eigenvalue weighted by molar-refractivity contribution is -0.104. The van der Waals surface area contributed by atoms with Crippen molar-refractivity contribution in [3.63, 3.8) is 0 Å². The first-order valence-corrected chi connectivity index (χ1v) is 13.2. The first-order chi connectivity index (χ1) is 17.2. The number of hydrogen-bond donors (Lipinski definition) is 3. The van der Waals surface area contributed by atoms with E-state index in [-0.39, 0.29) is 0 Å². The molecular weight excluding hydrogens is 462 g/mol. The summed E-state index contributed by atoms with van der Waals surface area (Å²) in [5, 5.41) is 14.6. The summed E-state index contributed by atoms with van der Waals surface area (Å²) >= 11 is 1.58. The van der Waals surface area contributed by atoms with Gasteiger partial charge in [-0.2, -0.15) is 5.10 Å². The standard InChI is InChI=1S/C19H19N5O2S.C6H14N2/c1-27-17-16(6-3-9-25)21-18(22-19(17)24-7-10-26-11-8-24)13-4-2-5-15-14(13)12-20-23-15;1-7-6-3-2-4-8-5-6/h2-6,9,12H,7-8,10-11H2,1H3,(H,20,23);6-8H,2-5H2,1H3/b6-3+;. The molecule has 0 saturated carbocycles. The molecule has 10 heteroatoms. The zero-order valence-corrected chi connectivity index (χ0v) is 21.1. The maximum absolute atomic E-state index is 10.9. The van der Waals surface area contributed by atoms with E-state index < -0.39 is 0 Å². The van der Waals surface area contributed by atoms with Gasteiger partial charge >= 0.3 is 0 Å². The van der Waals surface area contributed by atoms with Crippen molar-refractivity contribution in [2.75, 3.05) is 57.6 Å². The molecule has 1 atom stereocenters. The molecule has 3 N–H and O–H groups in total. The number of piperidine rings is 1. The van der Waals surface area contributed by atoms with Crippen LogP contribution in [-0.4, -0.2) is 85.2 Å². The van der Waals surface area contributed by atoms with Crippen LogP contribution in [0.5, 0.6) is 0 Å². The molecule has 3 aromatic rings. The van der Waals surface area contributed by atoms with Crippen LogP contribution in [-0.2, 0) is 9.53 Å². The highest BCUT2D eigenvalue weighted by Crippen LogP contribution is 2.34. The van der Waals surface area contributed by atoms with Gasteiger partial charge in [0.15, 0.2) is 5.82 Å². The molecule has 2 fully saturated rings. The Morgan fingerprint density at radius 2 is 2.11 bits per heavy atom. The van der Waals surface area contributed by atoms with E-state index in [9.17, 15) is 4.79 Å². The van der Waals surface area contributed by atoms with Crippen molar-refractivity contribution < 1.29 is 9.53 Å². The summed E-state index contributed by atoms with van der Waals surface area (Å²) in [6, 6.07) is 6.64. The number of rotatable bonds is 6. The zero-order chi connectivity index (χ0) is 24.5. The number of ether oxygens (including phenoxy) is 1. The first-order valence-electron chi connectivity index (χ1n) is 12.0. The fourth-order valence-electron chi connectivity index (χ4n) is 4.27. The van der Waals surface area contributed by atoms with Crippen LogP contribution in [0.15, 0.2) is 35.4 Å². The molecule has 1 aromatic carbocycles. The number of aldehydes is 1. The Morgan fingerprint density at radius 1 is 1.26 bits per heavy atom. The lowest BCUT2D eigenvalue weighted by Crippen LogP contribution is -2.41. The van der Waals surface area contributed by atoms with Gasteiger partial charge in [-0.3, -0.25) is 9.89 Å². The van der Waals surface area contributed by atoms with Crippen molar-refractivity contribution >= 4 is 40.8 Å². The third-order valence-electron chi connectivity index (χ3n) is 6.15. The Labute approximate surface area is 210 Å². The number of hydrogen-bond acceptors (Lipinski definition) is 9. The number of fused-ring (bicyclic) bond motifs is 1.